The minimum absolute atomic E-state index is 0.0674. The number of hydrogen-bond acceptors (Lipinski definition) is 5. The van der Waals surface area contributed by atoms with Crippen LogP contribution in [0.15, 0.2) is 41.4 Å². The van der Waals surface area contributed by atoms with Crippen molar-refractivity contribution in [1.29, 1.82) is 0 Å². The van der Waals surface area contributed by atoms with Crippen LogP contribution in [0.25, 0.3) is 10.9 Å². The summed E-state index contributed by atoms with van der Waals surface area (Å²) in [6.07, 6.45) is 3.66. The Hall–Kier alpha value is -1.54. The van der Waals surface area contributed by atoms with Crippen LogP contribution in [-0.4, -0.2) is 49.0 Å². The number of piperidine rings is 1. The van der Waals surface area contributed by atoms with Gasteiger partial charge in [0, 0.05) is 30.7 Å². The lowest BCUT2D eigenvalue weighted by Crippen LogP contribution is -2.46. The molecule has 6 nitrogen and oxygen atoms in total. The third-order valence-corrected chi connectivity index (χ3v) is 6.94. The zero-order valence-corrected chi connectivity index (χ0v) is 14.2. The largest absolute Gasteiger partial charge is 0.373 e. The van der Waals surface area contributed by atoms with E-state index in [1.165, 1.54) is 10.5 Å². The molecule has 0 aliphatic carbocycles. The molecule has 0 amide bonds. The molecule has 3 heterocycles. The lowest BCUT2D eigenvalue weighted by Gasteiger charge is -2.37. The van der Waals surface area contributed by atoms with Crippen LogP contribution in [0.2, 0.25) is 0 Å². The van der Waals surface area contributed by atoms with E-state index in [9.17, 15) is 8.42 Å². The summed E-state index contributed by atoms with van der Waals surface area (Å²) in [4.78, 5) is 4.53. The standard InChI is InChI=1S/C17H21N3O3S/c18-14-10-17(23-12-14)5-7-20(8-6-17)24(21,22)15-9-13-3-1-2-4-16(13)19-11-15/h1-4,9,11,14H,5-8,10,12,18H2/t14-/m1/s1. The van der Waals surface area contributed by atoms with E-state index in [-0.39, 0.29) is 16.5 Å². The van der Waals surface area contributed by atoms with Crippen molar-refractivity contribution in [2.45, 2.75) is 35.8 Å². The highest BCUT2D eigenvalue weighted by atomic mass is 32.2. The van der Waals surface area contributed by atoms with Crippen molar-refractivity contribution < 1.29 is 13.2 Å². The third kappa shape index (κ3) is 2.71. The van der Waals surface area contributed by atoms with Crippen LogP contribution in [0.5, 0.6) is 0 Å². The minimum atomic E-state index is -3.53. The van der Waals surface area contributed by atoms with Gasteiger partial charge in [0.05, 0.1) is 17.7 Å². The summed E-state index contributed by atoms with van der Waals surface area (Å²) in [5, 5.41) is 0.831. The molecule has 128 valence electrons. The Labute approximate surface area is 141 Å². The van der Waals surface area contributed by atoms with E-state index >= 15 is 0 Å². The summed E-state index contributed by atoms with van der Waals surface area (Å²) in [5.74, 6) is 0. The molecule has 4 rings (SSSR count). The van der Waals surface area contributed by atoms with E-state index in [4.69, 9.17) is 10.5 Å². The fraction of sp³-hybridized carbons (Fsp3) is 0.471. The molecule has 2 aromatic rings. The second-order valence-corrected chi connectivity index (χ2v) is 8.66. The van der Waals surface area contributed by atoms with Gasteiger partial charge in [-0.3, -0.25) is 4.98 Å². The molecule has 2 saturated heterocycles. The quantitative estimate of drug-likeness (QED) is 0.890. The second kappa shape index (κ2) is 5.77. The van der Waals surface area contributed by atoms with Gasteiger partial charge >= 0.3 is 0 Å². The van der Waals surface area contributed by atoms with Crippen LogP contribution in [0, 0.1) is 0 Å². The maximum absolute atomic E-state index is 12.9. The van der Waals surface area contributed by atoms with Crippen LogP contribution < -0.4 is 5.73 Å². The average molecular weight is 347 g/mol. The number of benzene rings is 1. The molecule has 2 N–H and O–H groups in total. The summed E-state index contributed by atoms with van der Waals surface area (Å²) in [5.41, 5.74) is 6.50. The summed E-state index contributed by atoms with van der Waals surface area (Å²) < 4.78 is 33.2. The summed E-state index contributed by atoms with van der Waals surface area (Å²) >= 11 is 0. The van der Waals surface area contributed by atoms with Crippen molar-refractivity contribution in [3.63, 3.8) is 0 Å². The van der Waals surface area contributed by atoms with E-state index in [2.05, 4.69) is 4.98 Å². The zero-order chi connectivity index (χ0) is 16.8. The molecule has 0 radical (unpaired) electrons. The first-order valence-electron chi connectivity index (χ1n) is 8.23. The van der Waals surface area contributed by atoms with E-state index in [0.717, 1.165) is 17.3 Å². The molecule has 2 aliphatic rings. The highest BCUT2D eigenvalue weighted by Crippen LogP contribution is 2.36. The predicted octanol–water partition coefficient (Wildman–Crippen LogP) is 1.51. The Bertz CT molecular complexity index is 860. The zero-order valence-electron chi connectivity index (χ0n) is 13.4. The van der Waals surface area contributed by atoms with Crippen LogP contribution >= 0.6 is 0 Å². The lowest BCUT2D eigenvalue weighted by molar-refractivity contribution is -0.0310. The molecule has 1 atom stereocenters. The number of rotatable bonds is 2. The molecule has 2 fully saturated rings. The molecular formula is C17H21N3O3S. The van der Waals surface area contributed by atoms with Crippen LogP contribution in [0.3, 0.4) is 0 Å². The number of aromatic nitrogens is 1. The molecule has 0 saturated carbocycles. The van der Waals surface area contributed by atoms with Crippen LogP contribution in [0.4, 0.5) is 0 Å². The number of nitrogens with two attached hydrogens (primary N) is 1. The first-order valence-corrected chi connectivity index (χ1v) is 9.67. The summed E-state index contributed by atoms with van der Waals surface area (Å²) in [6, 6.07) is 9.28. The number of pyridine rings is 1. The summed E-state index contributed by atoms with van der Waals surface area (Å²) in [7, 11) is -3.53. The topological polar surface area (TPSA) is 85.5 Å². The van der Waals surface area contributed by atoms with Crippen molar-refractivity contribution in [2.24, 2.45) is 5.73 Å². The first-order chi connectivity index (χ1) is 11.5. The maximum atomic E-state index is 12.9. The molecule has 1 aromatic heterocycles. The molecule has 0 unspecified atom stereocenters. The Kier molecular flexibility index (Phi) is 3.84. The fourth-order valence-corrected chi connectivity index (χ4v) is 5.13. The molecule has 1 spiro atoms. The second-order valence-electron chi connectivity index (χ2n) is 6.73. The molecule has 0 bridgehead atoms. The van der Waals surface area contributed by atoms with E-state index in [0.29, 0.717) is 32.5 Å². The molecule has 7 heteroatoms. The van der Waals surface area contributed by atoms with Gasteiger partial charge in [-0.2, -0.15) is 4.31 Å². The van der Waals surface area contributed by atoms with Crippen LogP contribution in [0.1, 0.15) is 19.3 Å². The number of fused-ring (bicyclic) bond motifs is 1. The van der Waals surface area contributed by atoms with E-state index < -0.39 is 10.0 Å². The third-order valence-electron chi connectivity index (χ3n) is 5.07. The van der Waals surface area contributed by atoms with Crippen LogP contribution in [-0.2, 0) is 14.8 Å². The van der Waals surface area contributed by atoms with Gasteiger partial charge < -0.3 is 10.5 Å². The summed E-state index contributed by atoms with van der Waals surface area (Å²) in [6.45, 7) is 1.49. The predicted molar refractivity (Wildman–Crippen MR) is 91.0 cm³/mol. The van der Waals surface area contributed by atoms with E-state index in [1.54, 1.807) is 6.07 Å². The number of ether oxygens (including phenoxy) is 1. The lowest BCUT2D eigenvalue weighted by atomic mass is 9.88. The average Bonchev–Trinajstić information content (AvgIpc) is 2.95. The fourth-order valence-electron chi connectivity index (χ4n) is 3.70. The Morgan fingerprint density at radius 2 is 2.00 bits per heavy atom. The van der Waals surface area contributed by atoms with Gasteiger partial charge in [0.15, 0.2) is 0 Å². The number of nitrogens with zero attached hydrogens (tertiary/aromatic N) is 2. The maximum Gasteiger partial charge on any atom is 0.244 e. The molecular weight excluding hydrogens is 326 g/mol. The van der Waals surface area contributed by atoms with Gasteiger partial charge in [0.25, 0.3) is 0 Å². The van der Waals surface area contributed by atoms with Gasteiger partial charge in [-0.1, -0.05) is 18.2 Å². The van der Waals surface area contributed by atoms with Crippen molar-refractivity contribution in [3.05, 3.63) is 36.5 Å². The molecule has 2 aliphatic heterocycles. The highest BCUT2D eigenvalue weighted by Gasteiger charge is 2.43. The Morgan fingerprint density at radius 3 is 2.71 bits per heavy atom. The smallest absolute Gasteiger partial charge is 0.244 e. The number of sulfonamides is 1. The SMILES string of the molecule is N[C@H]1COC2(CCN(S(=O)(=O)c3cnc4ccccc4c3)CC2)C1. The van der Waals surface area contributed by atoms with Gasteiger partial charge in [-0.25, -0.2) is 8.42 Å². The van der Waals surface area contributed by atoms with Crippen molar-refractivity contribution in [1.82, 2.24) is 9.29 Å². The minimum Gasteiger partial charge on any atom is -0.373 e. The first kappa shape index (κ1) is 16.0. The normalized spacial score (nSPS) is 24.6. The van der Waals surface area contributed by atoms with Gasteiger partial charge in [0.2, 0.25) is 10.0 Å². The number of para-hydroxylation sites is 1. The Balaban J connectivity index is 1.56. The van der Waals surface area contributed by atoms with Crippen molar-refractivity contribution in [3.8, 4) is 0 Å². The monoisotopic (exact) mass is 347 g/mol. The Morgan fingerprint density at radius 1 is 1.25 bits per heavy atom. The van der Waals surface area contributed by atoms with Gasteiger partial charge in [0.1, 0.15) is 4.90 Å². The molecule has 24 heavy (non-hydrogen) atoms. The molecule has 1 aromatic carbocycles. The van der Waals surface area contributed by atoms with Crippen molar-refractivity contribution >= 4 is 20.9 Å². The van der Waals surface area contributed by atoms with Crippen molar-refractivity contribution in [2.75, 3.05) is 19.7 Å². The highest BCUT2D eigenvalue weighted by molar-refractivity contribution is 7.89. The van der Waals surface area contributed by atoms with Gasteiger partial charge in [-0.05, 0) is 31.4 Å². The van der Waals surface area contributed by atoms with E-state index in [1.807, 2.05) is 24.3 Å². The number of hydrogen-bond donors (Lipinski definition) is 1. The van der Waals surface area contributed by atoms with Gasteiger partial charge in [-0.15, -0.1) is 0 Å².